The molecule has 1 heterocycles. The first-order chi connectivity index (χ1) is 7.63. The Morgan fingerprint density at radius 3 is 2.81 bits per heavy atom. The number of nitrogens with one attached hydrogen (secondary N) is 1. The minimum atomic E-state index is 0.0411. The third kappa shape index (κ3) is 4.21. The molecule has 1 fully saturated rings. The van der Waals surface area contributed by atoms with Crippen molar-refractivity contribution in [2.75, 3.05) is 38.7 Å². The molecule has 1 rings (SSSR count). The van der Waals surface area contributed by atoms with E-state index in [1.165, 1.54) is 0 Å². The van der Waals surface area contributed by atoms with Gasteiger partial charge in [-0.1, -0.05) is 13.8 Å². The summed E-state index contributed by atoms with van der Waals surface area (Å²) >= 11 is 5.97. The second-order valence-electron chi connectivity index (χ2n) is 4.81. The molecule has 1 aliphatic heterocycles. The third-order valence-corrected chi connectivity index (χ3v) is 4.09. The molecule has 0 aliphatic carbocycles. The lowest BCUT2D eigenvalue weighted by atomic mass is 10.0. The lowest BCUT2D eigenvalue weighted by Gasteiger charge is -2.35. The molecule has 3 nitrogen and oxygen atoms in total. The Morgan fingerprint density at radius 1 is 1.50 bits per heavy atom. The Morgan fingerprint density at radius 2 is 2.25 bits per heavy atom. The maximum atomic E-state index is 5.97. The molecule has 0 saturated carbocycles. The monoisotopic (exact) mass is 248 g/mol. The van der Waals surface area contributed by atoms with Crippen LogP contribution in [0.2, 0.25) is 0 Å². The average Bonchev–Trinajstić information content (AvgIpc) is 2.36. The van der Waals surface area contributed by atoms with Crippen LogP contribution in [0.15, 0.2) is 0 Å². The maximum Gasteiger partial charge on any atom is 0.0826 e. The summed E-state index contributed by atoms with van der Waals surface area (Å²) in [6.45, 7) is 11.5. The summed E-state index contributed by atoms with van der Waals surface area (Å²) in [6.07, 6.45) is 1.35. The number of nitrogens with zero attached hydrogens (tertiary/aromatic N) is 1. The van der Waals surface area contributed by atoms with E-state index in [1.807, 2.05) is 0 Å². The minimum Gasteiger partial charge on any atom is -0.374 e. The standard InChI is InChI=1S/C12H25ClN2O/c1-4-12(3,10-13)14-8-11-9-15(5-2)6-7-16-11/h11,14H,4-10H2,1-3H3. The fourth-order valence-corrected chi connectivity index (χ4v) is 2.10. The van der Waals surface area contributed by atoms with Crippen molar-refractivity contribution in [3.8, 4) is 0 Å². The summed E-state index contributed by atoms with van der Waals surface area (Å²) < 4.78 is 5.75. The Labute approximate surface area is 104 Å². The van der Waals surface area contributed by atoms with E-state index in [0.717, 1.165) is 39.2 Å². The fourth-order valence-electron chi connectivity index (χ4n) is 1.82. The van der Waals surface area contributed by atoms with Crippen molar-refractivity contribution >= 4 is 11.6 Å². The molecule has 2 atom stereocenters. The van der Waals surface area contributed by atoms with Crippen molar-refractivity contribution in [1.29, 1.82) is 0 Å². The van der Waals surface area contributed by atoms with E-state index in [1.54, 1.807) is 0 Å². The van der Waals surface area contributed by atoms with E-state index in [2.05, 4.69) is 31.0 Å². The topological polar surface area (TPSA) is 24.5 Å². The van der Waals surface area contributed by atoms with Crippen LogP contribution in [0.25, 0.3) is 0 Å². The normalized spacial score (nSPS) is 26.6. The van der Waals surface area contributed by atoms with Gasteiger partial charge in [0.05, 0.1) is 12.7 Å². The van der Waals surface area contributed by atoms with Gasteiger partial charge >= 0.3 is 0 Å². The molecule has 1 N–H and O–H groups in total. The summed E-state index contributed by atoms with van der Waals surface area (Å²) in [6, 6.07) is 0. The quantitative estimate of drug-likeness (QED) is 0.725. The van der Waals surface area contributed by atoms with Gasteiger partial charge in [0, 0.05) is 31.1 Å². The molecule has 96 valence electrons. The van der Waals surface area contributed by atoms with E-state index in [9.17, 15) is 0 Å². The number of alkyl halides is 1. The van der Waals surface area contributed by atoms with Crippen LogP contribution in [0, 0.1) is 0 Å². The van der Waals surface area contributed by atoms with Gasteiger partial charge in [-0.15, -0.1) is 11.6 Å². The molecule has 0 spiro atoms. The molecule has 0 amide bonds. The molecule has 1 saturated heterocycles. The number of rotatable bonds is 6. The predicted octanol–water partition coefficient (Wildman–Crippen LogP) is 1.70. The summed E-state index contributed by atoms with van der Waals surface area (Å²) in [7, 11) is 0. The largest absolute Gasteiger partial charge is 0.374 e. The highest BCUT2D eigenvalue weighted by molar-refractivity contribution is 6.18. The van der Waals surface area contributed by atoms with Crippen molar-refractivity contribution in [2.24, 2.45) is 0 Å². The summed E-state index contributed by atoms with van der Waals surface area (Å²) in [4.78, 5) is 2.43. The number of likely N-dealkylation sites (N-methyl/N-ethyl adjacent to an activating group) is 1. The van der Waals surface area contributed by atoms with Gasteiger partial charge in [-0.2, -0.15) is 0 Å². The van der Waals surface area contributed by atoms with Gasteiger partial charge in [0.1, 0.15) is 0 Å². The highest BCUT2D eigenvalue weighted by Gasteiger charge is 2.24. The van der Waals surface area contributed by atoms with Gasteiger partial charge in [-0.05, 0) is 19.9 Å². The zero-order valence-electron chi connectivity index (χ0n) is 10.8. The van der Waals surface area contributed by atoms with E-state index in [-0.39, 0.29) is 5.54 Å². The summed E-state index contributed by atoms with van der Waals surface area (Å²) in [5.74, 6) is 0.647. The molecule has 0 bridgehead atoms. The number of hydrogen-bond donors (Lipinski definition) is 1. The van der Waals surface area contributed by atoms with Gasteiger partial charge in [0.2, 0.25) is 0 Å². The third-order valence-electron chi connectivity index (χ3n) is 3.50. The Kier molecular flexibility index (Phi) is 6.05. The van der Waals surface area contributed by atoms with Gasteiger partial charge in [0.25, 0.3) is 0 Å². The number of hydrogen-bond acceptors (Lipinski definition) is 3. The van der Waals surface area contributed by atoms with Crippen LogP contribution in [0.1, 0.15) is 27.2 Å². The summed E-state index contributed by atoms with van der Waals surface area (Å²) in [5.41, 5.74) is 0.0411. The number of morpholine rings is 1. The van der Waals surface area contributed by atoms with Crippen LogP contribution in [-0.4, -0.2) is 55.2 Å². The van der Waals surface area contributed by atoms with Crippen LogP contribution >= 0.6 is 11.6 Å². The molecule has 16 heavy (non-hydrogen) atoms. The molecule has 0 aromatic heterocycles. The van der Waals surface area contributed by atoms with E-state index in [0.29, 0.717) is 12.0 Å². The summed E-state index contributed by atoms with van der Waals surface area (Å²) in [5, 5.41) is 3.53. The highest BCUT2D eigenvalue weighted by Crippen LogP contribution is 2.12. The molecule has 4 heteroatoms. The number of ether oxygens (including phenoxy) is 1. The first-order valence-corrected chi connectivity index (χ1v) is 6.82. The van der Waals surface area contributed by atoms with Crippen molar-refractivity contribution in [2.45, 2.75) is 38.8 Å². The fraction of sp³-hybridized carbons (Fsp3) is 1.00. The smallest absolute Gasteiger partial charge is 0.0826 e. The first kappa shape index (κ1) is 14.2. The Bertz CT molecular complexity index is 197. The van der Waals surface area contributed by atoms with Crippen LogP contribution in [0.5, 0.6) is 0 Å². The van der Waals surface area contributed by atoms with E-state index in [4.69, 9.17) is 16.3 Å². The minimum absolute atomic E-state index is 0.0411. The lowest BCUT2D eigenvalue weighted by Crippen LogP contribution is -2.52. The van der Waals surface area contributed by atoms with Crippen LogP contribution in [0.4, 0.5) is 0 Å². The molecule has 0 radical (unpaired) electrons. The molecular weight excluding hydrogens is 224 g/mol. The second kappa shape index (κ2) is 6.80. The van der Waals surface area contributed by atoms with Crippen LogP contribution in [0.3, 0.4) is 0 Å². The molecule has 0 aromatic rings. The van der Waals surface area contributed by atoms with Gasteiger partial charge in [0.15, 0.2) is 0 Å². The van der Waals surface area contributed by atoms with Gasteiger partial charge < -0.3 is 10.1 Å². The van der Waals surface area contributed by atoms with E-state index >= 15 is 0 Å². The number of halogens is 1. The SMILES string of the molecule is CCN1CCOC(CNC(C)(CC)CCl)C1. The van der Waals surface area contributed by atoms with Gasteiger partial charge in [-0.3, -0.25) is 4.90 Å². The van der Waals surface area contributed by atoms with Gasteiger partial charge in [-0.25, -0.2) is 0 Å². The van der Waals surface area contributed by atoms with Crippen molar-refractivity contribution in [3.05, 3.63) is 0 Å². The molecule has 1 aliphatic rings. The lowest BCUT2D eigenvalue weighted by molar-refractivity contribution is -0.0279. The van der Waals surface area contributed by atoms with Crippen molar-refractivity contribution < 1.29 is 4.74 Å². The Hall–Kier alpha value is 0.170. The first-order valence-electron chi connectivity index (χ1n) is 6.28. The van der Waals surface area contributed by atoms with Crippen LogP contribution in [-0.2, 0) is 4.74 Å². The van der Waals surface area contributed by atoms with Crippen LogP contribution < -0.4 is 5.32 Å². The highest BCUT2D eigenvalue weighted by atomic mass is 35.5. The van der Waals surface area contributed by atoms with Crippen molar-refractivity contribution in [3.63, 3.8) is 0 Å². The van der Waals surface area contributed by atoms with Crippen molar-refractivity contribution in [1.82, 2.24) is 10.2 Å². The molecular formula is C12H25ClN2O. The molecule has 2 unspecified atom stereocenters. The molecule has 0 aromatic carbocycles. The van der Waals surface area contributed by atoms with E-state index < -0.39 is 0 Å². The Balaban J connectivity index is 2.31. The average molecular weight is 249 g/mol. The second-order valence-corrected chi connectivity index (χ2v) is 5.08. The zero-order chi connectivity index (χ0) is 12.0. The zero-order valence-corrected chi connectivity index (χ0v) is 11.5. The maximum absolute atomic E-state index is 5.97. The predicted molar refractivity (Wildman–Crippen MR) is 69.3 cm³/mol.